The van der Waals surface area contributed by atoms with Gasteiger partial charge in [0.15, 0.2) is 6.17 Å². The number of hydrogen-bond donors (Lipinski definition) is 0. The first kappa shape index (κ1) is 12.8. The summed E-state index contributed by atoms with van der Waals surface area (Å²) in [5.74, 6) is -4.99. The Balaban J connectivity index is 3.08. The number of hydrogen-bond acceptors (Lipinski definition) is 1. The van der Waals surface area contributed by atoms with Crippen LogP contribution in [0.25, 0.3) is 0 Å². The van der Waals surface area contributed by atoms with Gasteiger partial charge in [0, 0.05) is 0 Å². The number of alkyl halides is 5. The van der Waals surface area contributed by atoms with Crippen LogP contribution in [-0.2, 0) is 4.94 Å². The Morgan fingerprint density at radius 3 is 1.88 bits per heavy atom. The smallest absolute Gasteiger partial charge is 0.235 e. The first-order chi connectivity index (χ1) is 7.33. The maximum absolute atomic E-state index is 13.2. The quantitative estimate of drug-likeness (QED) is 0.734. The lowest BCUT2D eigenvalue weighted by Gasteiger charge is -2.26. The summed E-state index contributed by atoms with van der Waals surface area (Å²) in [5, 5.41) is 0. The van der Waals surface area contributed by atoms with Gasteiger partial charge in [-0.1, -0.05) is 30.3 Å². The van der Waals surface area contributed by atoms with Gasteiger partial charge in [0.1, 0.15) is 0 Å². The van der Waals surface area contributed by atoms with Crippen LogP contribution >= 0.6 is 0 Å². The van der Waals surface area contributed by atoms with Crippen LogP contribution < -0.4 is 0 Å². The lowest BCUT2D eigenvalue weighted by Crippen LogP contribution is -2.45. The molecule has 0 aromatic heterocycles. The van der Waals surface area contributed by atoms with E-state index in [0.717, 1.165) is 12.1 Å². The summed E-state index contributed by atoms with van der Waals surface area (Å²) in [6.45, 7) is 0. The molecule has 90 valence electrons. The molecule has 0 radical (unpaired) electrons. The largest absolute Gasteiger partial charge is 0.455 e. The third-order valence-electron chi connectivity index (χ3n) is 1.92. The van der Waals surface area contributed by atoms with E-state index >= 15 is 0 Å². The van der Waals surface area contributed by atoms with E-state index < -0.39 is 23.8 Å². The highest BCUT2D eigenvalue weighted by molar-refractivity contribution is 5.20. The standard InChI is InChI=1S/C9H6F6O/c10-7(6-4-2-1-3-5-6)8(11,16-15)9(12,13)14/h1-5,7H. The first-order valence-electron chi connectivity index (χ1n) is 4.07. The molecule has 0 saturated heterocycles. The van der Waals surface area contributed by atoms with Crippen LogP contribution in [0.4, 0.5) is 26.5 Å². The average Bonchev–Trinajstić information content (AvgIpc) is 2.26. The van der Waals surface area contributed by atoms with Crippen LogP contribution in [0.1, 0.15) is 11.7 Å². The maximum Gasteiger partial charge on any atom is 0.455 e. The summed E-state index contributed by atoms with van der Waals surface area (Å²) >= 11 is 0. The second-order valence-corrected chi connectivity index (χ2v) is 2.99. The Hall–Kier alpha value is -1.24. The monoisotopic (exact) mass is 244 g/mol. The minimum absolute atomic E-state index is 0.667. The fraction of sp³-hybridized carbons (Fsp3) is 0.333. The van der Waals surface area contributed by atoms with Crippen molar-refractivity contribution in [2.24, 2.45) is 0 Å². The van der Waals surface area contributed by atoms with Crippen LogP contribution in [-0.4, -0.2) is 12.0 Å². The molecule has 0 saturated carbocycles. The SMILES string of the molecule is FOC(F)(C(F)c1ccccc1)C(F)(F)F. The van der Waals surface area contributed by atoms with Gasteiger partial charge in [-0.25, -0.2) is 4.39 Å². The summed E-state index contributed by atoms with van der Waals surface area (Å²) in [6.07, 6.45) is -9.10. The van der Waals surface area contributed by atoms with Crippen LogP contribution in [0.5, 0.6) is 0 Å². The van der Waals surface area contributed by atoms with E-state index in [9.17, 15) is 26.5 Å². The molecular weight excluding hydrogens is 238 g/mol. The van der Waals surface area contributed by atoms with Gasteiger partial charge in [0.25, 0.3) is 0 Å². The van der Waals surface area contributed by atoms with Crippen molar-refractivity contribution in [3.8, 4) is 0 Å². The van der Waals surface area contributed by atoms with E-state index in [1.807, 2.05) is 0 Å². The predicted octanol–water partition coefficient (Wildman–Crippen LogP) is 3.83. The Morgan fingerprint density at radius 2 is 1.50 bits per heavy atom. The summed E-state index contributed by atoms with van der Waals surface area (Å²) in [4.78, 5) is 2.15. The predicted molar refractivity (Wildman–Crippen MR) is 42.4 cm³/mol. The van der Waals surface area contributed by atoms with E-state index in [0.29, 0.717) is 0 Å². The van der Waals surface area contributed by atoms with E-state index in [-0.39, 0.29) is 0 Å². The van der Waals surface area contributed by atoms with Gasteiger partial charge in [0.05, 0.1) is 0 Å². The fourth-order valence-corrected chi connectivity index (χ4v) is 1.06. The summed E-state index contributed by atoms with van der Waals surface area (Å²) in [7, 11) is 0. The van der Waals surface area contributed by atoms with E-state index in [1.54, 1.807) is 0 Å². The van der Waals surface area contributed by atoms with Crippen molar-refractivity contribution < 1.29 is 31.4 Å². The number of halogens is 6. The van der Waals surface area contributed by atoms with Crippen molar-refractivity contribution >= 4 is 0 Å². The Bertz CT molecular complexity index is 338. The summed E-state index contributed by atoms with van der Waals surface area (Å²) < 4.78 is 74.1. The van der Waals surface area contributed by atoms with Crippen LogP contribution in [0.2, 0.25) is 0 Å². The van der Waals surface area contributed by atoms with Crippen molar-refractivity contribution in [2.45, 2.75) is 18.2 Å². The molecule has 0 fully saturated rings. The average molecular weight is 244 g/mol. The molecule has 7 heteroatoms. The molecule has 0 aliphatic carbocycles. The topological polar surface area (TPSA) is 9.23 Å². The molecule has 1 rings (SSSR count). The van der Waals surface area contributed by atoms with Gasteiger partial charge in [0.2, 0.25) is 0 Å². The normalized spacial score (nSPS) is 17.9. The molecule has 0 N–H and O–H groups in total. The zero-order valence-electron chi connectivity index (χ0n) is 7.64. The summed E-state index contributed by atoms with van der Waals surface area (Å²) in [6, 6.07) is 5.56. The van der Waals surface area contributed by atoms with Crippen molar-refractivity contribution in [1.82, 2.24) is 0 Å². The van der Waals surface area contributed by atoms with Crippen molar-refractivity contribution in [3.63, 3.8) is 0 Å². The zero-order valence-corrected chi connectivity index (χ0v) is 7.64. The maximum atomic E-state index is 13.2. The Morgan fingerprint density at radius 1 is 1.00 bits per heavy atom. The second-order valence-electron chi connectivity index (χ2n) is 2.99. The third kappa shape index (κ3) is 2.13. The molecule has 2 atom stereocenters. The molecular formula is C9H6F6O. The van der Waals surface area contributed by atoms with E-state index in [4.69, 9.17) is 0 Å². The lowest BCUT2D eigenvalue weighted by molar-refractivity contribution is -0.420. The van der Waals surface area contributed by atoms with Gasteiger partial charge in [-0.05, 0) is 10.1 Å². The molecule has 1 aromatic carbocycles. The van der Waals surface area contributed by atoms with Crippen LogP contribution in [0, 0.1) is 0 Å². The van der Waals surface area contributed by atoms with E-state index in [1.165, 1.54) is 18.2 Å². The lowest BCUT2D eigenvalue weighted by atomic mass is 10.0. The van der Waals surface area contributed by atoms with Crippen molar-refractivity contribution in [1.29, 1.82) is 0 Å². The second kappa shape index (κ2) is 4.32. The summed E-state index contributed by atoms with van der Waals surface area (Å²) in [5.41, 5.74) is -0.667. The van der Waals surface area contributed by atoms with Gasteiger partial charge < -0.3 is 0 Å². The molecule has 0 aliphatic heterocycles. The number of rotatable bonds is 3. The van der Waals surface area contributed by atoms with Gasteiger partial charge in [-0.3, -0.25) is 0 Å². The van der Waals surface area contributed by atoms with Crippen LogP contribution in [0.3, 0.4) is 0 Å². The molecule has 0 heterocycles. The molecule has 0 amide bonds. The van der Waals surface area contributed by atoms with Crippen molar-refractivity contribution in [3.05, 3.63) is 35.9 Å². The fourth-order valence-electron chi connectivity index (χ4n) is 1.06. The van der Waals surface area contributed by atoms with Gasteiger partial charge in [-0.2, -0.15) is 17.6 Å². The molecule has 0 aliphatic rings. The van der Waals surface area contributed by atoms with Gasteiger partial charge in [-0.15, -0.1) is 4.94 Å². The minimum atomic E-state index is -5.81. The minimum Gasteiger partial charge on any atom is -0.235 e. The highest BCUT2D eigenvalue weighted by atomic mass is 19.4. The van der Waals surface area contributed by atoms with E-state index in [2.05, 4.69) is 4.94 Å². The highest BCUT2D eigenvalue weighted by Gasteiger charge is 2.65. The number of benzene rings is 1. The zero-order chi connectivity index (χ0) is 12.4. The Kier molecular flexibility index (Phi) is 3.47. The molecule has 16 heavy (non-hydrogen) atoms. The molecule has 0 bridgehead atoms. The third-order valence-corrected chi connectivity index (χ3v) is 1.92. The van der Waals surface area contributed by atoms with Crippen LogP contribution in [0.15, 0.2) is 30.3 Å². The molecule has 0 spiro atoms. The van der Waals surface area contributed by atoms with Crippen molar-refractivity contribution in [2.75, 3.05) is 0 Å². The molecule has 1 aromatic rings. The van der Waals surface area contributed by atoms with Gasteiger partial charge >= 0.3 is 12.0 Å². The first-order valence-corrected chi connectivity index (χ1v) is 4.07. The Labute approximate surface area is 86.5 Å². The molecule has 2 unspecified atom stereocenters. The highest BCUT2D eigenvalue weighted by Crippen LogP contribution is 2.46. The molecule has 1 nitrogen and oxygen atoms in total.